The van der Waals surface area contributed by atoms with Crippen LogP contribution in [-0.2, 0) is 11.3 Å². The number of rotatable bonds is 4. The van der Waals surface area contributed by atoms with Gasteiger partial charge < -0.3 is 10.4 Å². The van der Waals surface area contributed by atoms with Gasteiger partial charge in [-0.15, -0.1) is 0 Å². The van der Waals surface area contributed by atoms with Crippen LogP contribution in [0.5, 0.6) is 0 Å². The molecule has 0 radical (unpaired) electrons. The Bertz CT molecular complexity index is 496. The third kappa shape index (κ3) is 3.60. The molecule has 0 aliphatic heterocycles. The van der Waals surface area contributed by atoms with E-state index in [4.69, 9.17) is 5.11 Å². The standard InChI is InChI=1S/C17H25NO2/c1-11-7-13(3)15(8-12(11)2)10-18-16-6-4-5-14(9-16)17(19)20/h7-8,14,16,18H,4-6,9-10H2,1-3H3,(H,19,20). The van der Waals surface area contributed by atoms with E-state index in [1.807, 2.05) is 0 Å². The molecule has 0 saturated heterocycles. The second-order valence-electron chi connectivity index (χ2n) is 6.14. The molecule has 110 valence electrons. The molecule has 0 aromatic heterocycles. The largest absolute Gasteiger partial charge is 0.481 e. The molecule has 1 aliphatic carbocycles. The normalized spacial score (nSPS) is 22.8. The molecule has 1 aromatic carbocycles. The molecule has 2 atom stereocenters. The fourth-order valence-corrected chi connectivity index (χ4v) is 3.06. The van der Waals surface area contributed by atoms with E-state index in [-0.39, 0.29) is 5.92 Å². The molecule has 2 N–H and O–H groups in total. The highest BCUT2D eigenvalue weighted by Crippen LogP contribution is 2.25. The summed E-state index contributed by atoms with van der Waals surface area (Å²) in [6.07, 6.45) is 3.70. The lowest BCUT2D eigenvalue weighted by Gasteiger charge is -2.27. The second kappa shape index (κ2) is 6.40. The number of benzene rings is 1. The molecule has 0 amide bonds. The van der Waals surface area contributed by atoms with Gasteiger partial charge in [-0.25, -0.2) is 0 Å². The van der Waals surface area contributed by atoms with Gasteiger partial charge in [0, 0.05) is 12.6 Å². The lowest BCUT2D eigenvalue weighted by Crippen LogP contribution is -2.36. The zero-order chi connectivity index (χ0) is 14.7. The highest BCUT2D eigenvalue weighted by Gasteiger charge is 2.26. The van der Waals surface area contributed by atoms with Crippen molar-refractivity contribution in [3.63, 3.8) is 0 Å². The Morgan fingerprint density at radius 1 is 1.20 bits per heavy atom. The van der Waals surface area contributed by atoms with Crippen molar-refractivity contribution in [2.45, 2.75) is 59.0 Å². The van der Waals surface area contributed by atoms with Gasteiger partial charge in [0.15, 0.2) is 0 Å². The first-order valence-electron chi connectivity index (χ1n) is 7.50. The number of hydrogen-bond donors (Lipinski definition) is 2. The van der Waals surface area contributed by atoms with Crippen LogP contribution in [0.1, 0.15) is 47.9 Å². The van der Waals surface area contributed by atoms with Crippen molar-refractivity contribution < 1.29 is 9.90 Å². The summed E-state index contributed by atoms with van der Waals surface area (Å²) in [4.78, 5) is 11.1. The van der Waals surface area contributed by atoms with Crippen molar-refractivity contribution in [1.29, 1.82) is 0 Å². The summed E-state index contributed by atoms with van der Waals surface area (Å²) in [5.41, 5.74) is 5.28. The summed E-state index contributed by atoms with van der Waals surface area (Å²) in [5, 5.41) is 12.7. The Labute approximate surface area is 121 Å². The minimum Gasteiger partial charge on any atom is -0.481 e. The van der Waals surface area contributed by atoms with E-state index < -0.39 is 5.97 Å². The maximum Gasteiger partial charge on any atom is 0.306 e. The Balaban J connectivity index is 1.95. The third-order valence-electron chi connectivity index (χ3n) is 4.56. The molecule has 1 saturated carbocycles. The van der Waals surface area contributed by atoms with Crippen LogP contribution in [0.15, 0.2) is 12.1 Å². The summed E-state index contributed by atoms with van der Waals surface area (Å²) in [6, 6.07) is 4.81. The summed E-state index contributed by atoms with van der Waals surface area (Å²) in [5.74, 6) is -0.805. The molecule has 0 bridgehead atoms. The Morgan fingerprint density at radius 3 is 2.60 bits per heavy atom. The SMILES string of the molecule is Cc1cc(C)c(CNC2CCCC(C(=O)O)C2)cc1C. The zero-order valence-corrected chi connectivity index (χ0v) is 12.7. The van der Waals surface area contributed by atoms with Crippen LogP contribution in [-0.4, -0.2) is 17.1 Å². The highest BCUT2D eigenvalue weighted by atomic mass is 16.4. The quantitative estimate of drug-likeness (QED) is 0.886. The number of aliphatic carboxylic acids is 1. The fourth-order valence-electron chi connectivity index (χ4n) is 3.06. The van der Waals surface area contributed by atoms with E-state index >= 15 is 0 Å². The monoisotopic (exact) mass is 275 g/mol. The Kier molecular flexibility index (Phi) is 4.81. The molecule has 1 aliphatic rings. The van der Waals surface area contributed by atoms with Gasteiger partial charge in [0.2, 0.25) is 0 Å². The molecule has 0 spiro atoms. The van der Waals surface area contributed by atoms with Gasteiger partial charge in [0.05, 0.1) is 5.92 Å². The van der Waals surface area contributed by atoms with Crippen molar-refractivity contribution in [3.05, 3.63) is 34.4 Å². The predicted molar refractivity (Wildman–Crippen MR) is 80.9 cm³/mol. The molecule has 20 heavy (non-hydrogen) atoms. The van der Waals surface area contributed by atoms with Gasteiger partial charge in [-0.2, -0.15) is 0 Å². The second-order valence-corrected chi connectivity index (χ2v) is 6.14. The number of carboxylic acid groups (broad SMARTS) is 1. The van der Waals surface area contributed by atoms with Crippen molar-refractivity contribution in [1.82, 2.24) is 5.32 Å². The van der Waals surface area contributed by atoms with Gasteiger partial charge in [0.25, 0.3) is 0 Å². The maximum absolute atomic E-state index is 11.1. The first kappa shape index (κ1) is 15.0. The van der Waals surface area contributed by atoms with E-state index in [0.29, 0.717) is 6.04 Å². The minimum absolute atomic E-state index is 0.165. The van der Waals surface area contributed by atoms with Crippen LogP contribution in [0.3, 0.4) is 0 Å². The molecular weight excluding hydrogens is 250 g/mol. The highest BCUT2D eigenvalue weighted by molar-refractivity contribution is 5.70. The average molecular weight is 275 g/mol. The summed E-state index contributed by atoms with van der Waals surface area (Å²) < 4.78 is 0. The fraction of sp³-hybridized carbons (Fsp3) is 0.588. The van der Waals surface area contributed by atoms with Crippen LogP contribution in [0.2, 0.25) is 0 Å². The van der Waals surface area contributed by atoms with Gasteiger partial charge in [-0.3, -0.25) is 4.79 Å². The van der Waals surface area contributed by atoms with Crippen LogP contribution in [0.4, 0.5) is 0 Å². The number of nitrogens with one attached hydrogen (secondary N) is 1. The molecule has 0 heterocycles. The van der Waals surface area contributed by atoms with Crippen molar-refractivity contribution in [2.24, 2.45) is 5.92 Å². The Morgan fingerprint density at radius 2 is 1.90 bits per heavy atom. The lowest BCUT2D eigenvalue weighted by molar-refractivity contribution is -0.143. The van der Waals surface area contributed by atoms with Gasteiger partial charge in [-0.05, 0) is 62.3 Å². The molecule has 2 rings (SSSR count). The Hall–Kier alpha value is -1.35. The molecule has 1 aromatic rings. The summed E-state index contributed by atoms with van der Waals surface area (Å²) >= 11 is 0. The molecule has 2 unspecified atom stereocenters. The predicted octanol–water partition coefficient (Wildman–Crippen LogP) is 3.34. The van der Waals surface area contributed by atoms with Crippen molar-refractivity contribution in [2.75, 3.05) is 0 Å². The van der Waals surface area contributed by atoms with Crippen LogP contribution in [0, 0.1) is 26.7 Å². The van der Waals surface area contributed by atoms with E-state index in [9.17, 15) is 4.79 Å². The number of carbonyl (C=O) groups is 1. The molecule has 3 heteroatoms. The van der Waals surface area contributed by atoms with Gasteiger partial charge in [0.1, 0.15) is 0 Å². The number of carboxylic acids is 1. The smallest absolute Gasteiger partial charge is 0.306 e. The van der Waals surface area contributed by atoms with Crippen LogP contribution < -0.4 is 5.32 Å². The number of hydrogen-bond acceptors (Lipinski definition) is 2. The summed E-state index contributed by atoms with van der Waals surface area (Å²) in [6.45, 7) is 7.26. The minimum atomic E-state index is -0.640. The third-order valence-corrected chi connectivity index (χ3v) is 4.56. The lowest BCUT2D eigenvalue weighted by atomic mass is 9.85. The number of aryl methyl sites for hydroxylation is 3. The summed E-state index contributed by atoms with van der Waals surface area (Å²) in [7, 11) is 0. The van der Waals surface area contributed by atoms with Crippen LogP contribution >= 0.6 is 0 Å². The first-order chi connectivity index (χ1) is 9.47. The van der Waals surface area contributed by atoms with E-state index in [1.165, 1.54) is 22.3 Å². The van der Waals surface area contributed by atoms with Crippen molar-refractivity contribution >= 4 is 5.97 Å². The van der Waals surface area contributed by atoms with E-state index in [2.05, 4.69) is 38.2 Å². The molecule has 3 nitrogen and oxygen atoms in total. The zero-order valence-electron chi connectivity index (χ0n) is 12.7. The van der Waals surface area contributed by atoms with E-state index in [0.717, 1.165) is 32.2 Å². The molecule has 1 fully saturated rings. The van der Waals surface area contributed by atoms with Crippen molar-refractivity contribution in [3.8, 4) is 0 Å². The first-order valence-corrected chi connectivity index (χ1v) is 7.50. The van der Waals surface area contributed by atoms with Gasteiger partial charge in [-0.1, -0.05) is 18.6 Å². The average Bonchev–Trinajstić information content (AvgIpc) is 2.41. The van der Waals surface area contributed by atoms with E-state index in [1.54, 1.807) is 0 Å². The van der Waals surface area contributed by atoms with Crippen LogP contribution in [0.25, 0.3) is 0 Å². The topological polar surface area (TPSA) is 49.3 Å². The van der Waals surface area contributed by atoms with Gasteiger partial charge >= 0.3 is 5.97 Å². The molecular formula is C17H25NO2. The maximum atomic E-state index is 11.1.